The summed E-state index contributed by atoms with van der Waals surface area (Å²) >= 11 is 0. The third-order valence-electron chi connectivity index (χ3n) is 4.68. The highest BCUT2D eigenvalue weighted by atomic mass is 16.5. The number of esters is 3. The molecule has 33 heavy (non-hydrogen) atoms. The van der Waals surface area contributed by atoms with Gasteiger partial charge in [0.05, 0.1) is 17.4 Å². The van der Waals surface area contributed by atoms with Crippen molar-refractivity contribution in [1.29, 1.82) is 0 Å². The van der Waals surface area contributed by atoms with Gasteiger partial charge in [-0.15, -0.1) is 0 Å². The molecule has 0 saturated carbocycles. The number of aryl methyl sites for hydroxylation is 1. The van der Waals surface area contributed by atoms with E-state index in [0.717, 1.165) is 23.0 Å². The molecule has 0 unspecified atom stereocenters. The topological polar surface area (TPSA) is 78.9 Å². The minimum Gasteiger partial charge on any atom is -0.432 e. The number of carbonyl (C=O) groups is 3. The summed E-state index contributed by atoms with van der Waals surface area (Å²) in [5.74, 6) is -0.855. The van der Waals surface area contributed by atoms with Crippen LogP contribution in [0.25, 0.3) is 11.1 Å². The van der Waals surface area contributed by atoms with Crippen LogP contribution in [-0.2, 0) is 9.53 Å². The van der Waals surface area contributed by atoms with Gasteiger partial charge in [0.15, 0.2) is 0 Å². The van der Waals surface area contributed by atoms with Gasteiger partial charge in [0.2, 0.25) is 0 Å². The van der Waals surface area contributed by atoms with Crippen LogP contribution in [-0.4, -0.2) is 17.9 Å². The van der Waals surface area contributed by atoms with Crippen LogP contribution < -0.4 is 9.47 Å². The molecule has 0 atom stereocenters. The zero-order valence-corrected chi connectivity index (χ0v) is 18.3. The quantitative estimate of drug-likeness (QED) is 0.203. The molecule has 0 amide bonds. The number of ether oxygens (including phenoxy) is 3. The normalized spacial score (nSPS) is 10.1. The zero-order valence-electron chi connectivity index (χ0n) is 18.3. The lowest BCUT2D eigenvalue weighted by Gasteiger charge is -2.10. The van der Waals surface area contributed by atoms with Gasteiger partial charge in [-0.1, -0.05) is 31.4 Å². The fraction of sp³-hybridized carbons (Fsp3) is 0.0741. The van der Waals surface area contributed by atoms with E-state index in [1.165, 1.54) is 24.3 Å². The second-order valence-electron chi connectivity index (χ2n) is 7.21. The lowest BCUT2D eigenvalue weighted by atomic mass is 9.98. The van der Waals surface area contributed by atoms with Crippen LogP contribution in [0.2, 0.25) is 0 Å². The predicted octanol–water partition coefficient (Wildman–Crippen LogP) is 5.66. The van der Waals surface area contributed by atoms with Gasteiger partial charge in [-0.05, 0) is 79.1 Å². The Morgan fingerprint density at radius 1 is 0.788 bits per heavy atom. The van der Waals surface area contributed by atoms with Crippen molar-refractivity contribution in [3.05, 3.63) is 108 Å². The van der Waals surface area contributed by atoms with Crippen LogP contribution in [0.1, 0.15) is 33.2 Å². The molecule has 0 aliphatic rings. The maximum Gasteiger partial charge on any atom is 0.343 e. The van der Waals surface area contributed by atoms with Crippen LogP contribution in [0.5, 0.6) is 11.5 Å². The van der Waals surface area contributed by atoms with Crippen molar-refractivity contribution in [2.45, 2.75) is 13.8 Å². The van der Waals surface area contributed by atoms with E-state index in [0.29, 0.717) is 22.6 Å². The standard InChI is InChI=1S/C27H22O6/c1-5-31-26(29)21-10-15-24(18(4)16-21)19-6-11-23(12-7-19)33-27(30)20-8-13-22(14-9-20)32-25(28)17(2)3/h5-16H,1-2H2,3-4H3. The van der Waals surface area contributed by atoms with Crippen molar-refractivity contribution in [2.24, 2.45) is 0 Å². The third kappa shape index (κ3) is 5.83. The first kappa shape index (κ1) is 23.2. The van der Waals surface area contributed by atoms with Gasteiger partial charge in [0, 0.05) is 5.57 Å². The molecule has 0 N–H and O–H groups in total. The average Bonchev–Trinajstić information content (AvgIpc) is 2.80. The second kappa shape index (κ2) is 10.2. The summed E-state index contributed by atoms with van der Waals surface area (Å²) in [5.41, 5.74) is 3.76. The molecule has 166 valence electrons. The predicted molar refractivity (Wildman–Crippen MR) is 124 cm³/mol. The van der Waals surface area contributed by atoms with Gasteiger partial charge >= 0.3 is 17.9 Å². The smallest absolute Gasteiger partial charge is 0.343 e. The van der Waals surface area contributed by atoms with Crippen LogP contribution >= 0.6 is 0 Å². The Kier molecular flexibility index (Phi) is 7.20. The summed E-state index contributed by atoms with van der Waals surface area (Å²) < 4.78 is 15.3. The van der Waals surface area contributed by atoms with Gasteiger partial charge in [0.1, 0.15) is 11.5 Å². The maximum atomic E-state index is 12.4. The SMILES string of the molecule is C=COC(=O)c1ccc(-c2ccc(OC(=O)c3ccc(OC(=O)C(=C)C)cc3)cc2)c(C)c1. The summed E-state index contributed by atoms with van der Waals surface area (Å²) in [5, 5.41) is 0. The minimum atomic E-state index is -0.540. The Morgan fingerprint density at radius 3 is 1.94 bits per heavy atom. The molecule has 0 bridgehead atoms. The molecule has 0 aliphatic carbocycles. The van der Waals surface area contributed by atoms with Gasteiger partial charge < -0.3 is 14.2 Å². The molecular formula is C27H22O6. The van der Waals surface area contributed by atoms with Gasteiger partial charge in [-0.2, -0.15) is 0 Å². The van der Waals surface area contributed by atoms with Crippen molar-refractivity contribution in [3.63, 3.8) is 0 Å². The van der Waals surface area contributed by atoms with Crippen molar-refractivity contribution in [3.8, 4) is 22.6 Å². The highest BCUT2D eigenvalue weighted by Crippen LogP contribution is 2.27. The Balaban J connectivity index is 1.67. The molecule has 3 aromatic rings. The van der Waals surface area contributed by atoms with E-state index in [-0.39, 0.29) is 5.57 Å². The Labute approximate surface area is 191 Å². The number of carbonyl (C=O) groups excluding carboxylic acids is 3. The lowest BCUT2D eigenvalue weighted by molar-refractivity contribution is -0.130. The highest BCUT2D eigenvalue weighted by molar-refractivity contribution is 5.92. The molecule has 0 aliphatic heterocycles. The van der Waals surface area contributed by atoms with Crippen LogP contribution in [0.3, 0.4) is 0 Å². The number of benzene rings is 3. The van der Waals surface area contributed by atoms with Crippen LogP contribution in [0.15, 0.2) is 91.7 Å². The van der Waals surface area contributed by atoms with E-state index in [9.17, 15) is 14.4 Å². The lowest BCUT2D eigenvalue weighted by Crippen LogP contribution is -2.10. The molecule has 3 rings (SSSR count). The maximum absolute atomic E-state index is 12.4. The number of hydrogen-bond donors (Lipinski definition) is 0. The van der Waals surface area contributed by atoms with Gasteiger partial charge in [-0.25, -0.2) is 14.4 Å². The van der Waals surface area contributed by atoms with Crippen molar-refractivity contribution >= 4 is 17.9 Å². The Morgan fingerprint density at radius 2 is 1.36 bits per heavy atom. The first-order valence-electron chi connectivity index (χ1n) is 10.0. The van der Waals surface area contributed by atoms with E-state index < -0.39 is 17.9 Å². The summed E-state index contributed by atoms with van der Waals surface area (Å²) in [6, 6.07) is 18.3. The molecular weight excluding hydrogens is 420 g/mol. The first-order valence-corrected chi connectivity index (χ1v) is 10.0. The van der Waals surface area contributed by atoms with E-state index in [4.69, 9.17) is 14.2 Å². The Bertz CT molecular complexity index is 1220. The largest absolute Gasteiger partial charge is 0.432 e. The Hall–Kier alpha value is -4.45. The molecule has 0 spiro atoms. The molecule has 0 saturated heterocycles. The van der Waals surface area contributed by atoms with E-state index in [2.05, 4.69) is 13.2 Å². The summed E-state index contributed by atoms with van der Waals surface area (Å²) in [6.07, 6.45) is 1.10. The molecule has 6 nitrogen and oxygen atoms in total. The first-order chi connectivity index (χ1) is 15.8. The minimum absolute atomic E-state index is 0.281. The average molecular weight is 442 g/mol. The highest BCUT2D eigenvalue weighted by Gasteiger charge is 2.12. The van der Waals surface area contributed by atoms with Crippen LogP contribution in [0, 0.1) is 6.92 Å². The zero-order chi connectivity index (χ0) is 24.0. The number of hydrogen-bond acceptors (Lipinski definition) is 6. The monoisotopic (exact) mass is 442 g/mol. The summed E-state index contributed by atoms with van der Waals surface area (Å²) in [6.45, 7) is 10.3. The van der Waals surface area contributed by atoms with E-state index >= 15 is 0 Å². The second-order valence-corrected chi connectivity index (χ2v) is 7.21. The summed E-state index contributed by atoms with van der Waals surface area (Å²) in [4.78, 5) is 35.8. The fourth-order valence-electron chi connectivity index (χ4n) is 2.98. The number of rotatable bonds is 7. The molecule has 0 aromatic heterocycles. The van der Waals surface area contributed by atoms with Gasteiger partial charge in [0.25, 0.3) is 0 Å². The molecule has 6 heteroatoms. The van der Waals surface area contributed by atoms with Crippen LogP contribution in [0.4, 0.5) is 0 Å². The summed E-state index contributed by atoms with van der Waals surface area (Å²) in [7, 11) is 0. The molecule has 0 heterocycles. The fourth-order valence-corrected chi connectivity index (χ4v) is 2.98. The van der Waals surface area contributed by atoms with Crippen molar-refractivity contribution in [1.82, 2.24) is 0 Å². The van der Waals surface area contributed by atoms with Gasteiger partial charge in [-0.3, -0.25) is 0 Å². The van der Waals surface area contributed by atoms with E-state index in [1.54, 1.807) is 31.2 Å². The van der Waals surface area contributed by atoms with Crippen molar-refractivity contribution in [2.75, 3.05) is 0 Å². The molecule has 0 fully saturated rings. The molecule has 3 aromatic carbocycles. The van der Waals surface area contributed by atoms with E-state index in [1.807, 2.05) is 25.1 Å². The van der Waals surface area contributed by atoms with Crippen molar-refractivity contribution < 1.29 is 28.6 Å². The molecule has 0 radical (unpaired) electrons. The third-order valence-corrected chi connectivity index (χ3v) is 4.68.